The second-order valence-electron chi connectivity index (χ2n) is 5.57. The predicted molar refractivity (Wildman–Crippen MR) is 84.0 cm³/mol. The van der Waals surface area contributed by atoms with Crippen LogP contribution in [0, 0.1) is 6.92 Å². The summed E-state index contributed by atoms with van der Waals surface area (Å²) in [4.78, 5) is 14.4. The quantitative estimate of drug-likeness (QED) is 0.857. The van der Waals surface area contributed by atoms with Gasteiger partial charge in [0.2, 0.25) is 0 Å². The number of carbonyl (C=O) groups is 1. The van der Waals surface area contributed by atoms with E-state index in [0.717, 1.165) is 11.4 Å². The molecule has 1 fully saturated rings. The van der Waals surface area contributed by atoms with E-state index in [9.17, 15) is 4.79 Å². The van der Waals surface area contributed by atoms with Crippen molar-refractivity contribution in [2.75, 3.05) is 26.8 Å². The summed E-state index contributed by atoms with van der Waals surface area (Å²) < 4.78 is 12.4. The van der Waals surface area contributed by atoms with Crippen LogP contribution in [-0.2, 0) is 4.74 Å². The van der Waals surface area contributed by atoms with Crippen LogP contribution in [0.4, 0.5) is 0 Å². The van der Waals surface area contributed by atoms with E-state index in [1.807, 2.05) is 38.1 Å². The van der Waals surface area contributed by atoms with Crippen molar-refractivity contribution in [3.05, 3.63) is 35.7 Å². The molecule has 0 N–H and O–H groups in total. The fourth-order valence-corrected chi connectivity index (χ4v) is 2.67. The van der Waals surface area contributed by atoms with Crippen LogP contribution in [-0.4, -0.2) is 58.7 Å². The zero-order valence-corrected chi connectivity index (χ0v) is 13.5. The van der Waals surface area contributed by atoms with Crippen LogP contribution < -0.4 is 4.74 Å². The highest BCUT2D eigenvalue weighted by Gasteiger charge is 2.26. The van der Waals surface area contributed by atoms with E-state index in [0.29, 0.717) is 31.1 Å². The molecule has 1 aromatic carbocycles. The first-order chi connectivity index (χ1) is 11.1. The normalized spacial score (nSPS) is 18.0. The fourth-order valence-electron chi connectivity index (χ4n) is 2.67. The topological polar surface area (TPSA) is 69.5 Å². The highest BCUT2D eigenvalue weighted by molar-refractivity contribution is 5.93. The lowest BCUT2D eigenvalue weighted by molar-refractivity contribution is -0.0126. The van der Waals surface area contributed by atoms with Gasteiger partial charge in [0.15, 0.2) is 5.69 Å². The van der Waals surface area contributed by atoms with E-state index in [1.165, 1.54) is 0 Å². The number of rotatable bonds is 3. The minimum Gasteiger partial charge on any atom is -0.497 e. The molecule has 1 aliphatic rings. The zero-order chi connectivity index (χ0) is 16.4. The van der Waals surface area contributed by atoms with Crippen molar-refractivity contribution in [1.82, 2.24) is 19.9 Å². The maximum atomic E-state index is 12.7. The lowest BCUT2D eigenvalue weighted by atomic mass is 10.2. The highest BCUT2D eigenvalue weighted by atomic mass is 16.5. The van der Waals surface area contributed by atoms with Crippen molar-refractivity contribution in [2.45, 2.75) is 20.0 Å². The maximum Gasteiger partial charge on any atom is 0.276 e. The van der Waals surface area contributed by atoms with E-state index in [2.05, 4.69) is 10.3 Å². The van der Waals surface area contributed by atoms with Crippen LogP contribution >= 0.6 is 0 Å². The molecule has 0 saturated carbocycles. The number of benzene rings is 1. The van der Waals surface area contributed by atoms with Gasteiger partial charge in [0, 0.05) is 19.2 Å². The molecule has 1 aliphatic heterocycles. The van der Waals surface area contributed by atoms with Crippen molar-refractivity contribution in [1.29, 1.82) is 0 Å². The average molecular weight is 316 g/mol. The number of amides is 1. The Morgan fingerprint density at radius 1 is 1.43 bits per heavy atom. The second-order valence-corrected chi connectivity index (χ2v) is 5.57. The van der Waals surface area contributed by atoms with Gasteiger partial charge in [0.1, 0.15) is 5.75 Å². The lowest BCUT2D eigenvalue weighted by Gasteiger charge is -2.30. The van der Waals surface area contributed by atoms with Gasteiger partial charge in [-0.15, -0.1) is 5.10 Å². The summed E-state index contributed by atoms with van der Waals surface area (Å²) in [6.07, 6.45) is 0.0430. The first-order valence-electron chi connectivity index (χ1n) is 7.57. The molecule has 3 rings (SSSR count). The van der Waals surface area contributed by atoms with Crippen molar-refractivity contribution in [3.63, 3.8) is 0 Å². The highest BCUT2D eigenvalue weighted by Crippen LogP contribution is 2.19. The summed E-state index contributed by atoms with van der Waals surface area (Å²) in [5.74, 6) is 0.624. The number of ether oxygens (including phenoxy) is 2. The number of methoxy groups -OCH3 is 1. The fraction of sp³-hybridized carbons (Fsp3) is 0.438. The van der Waals surface area contributed by atoms with E-state index < -0.39 is 0 Å². The monoisotopic (exact) mass is 316 g/mol. The second kappa shape index (κ2) is 6.37. The smallest absolute Gasteiger partial charge is 0.276 e. The maximum absolute atomic E-state index is 12.7. The minimum atomic E-state index is -0.105. The van der Waals surface area contributed by atoms with Gasteiger partial charge >= 0.3 is 0 Å². The van der Waals surface area contributed by atoms with Crippen LogP contribution in [0.1, 0.15) is 23.1 Å². The standard InChI is InChI=1S/C16H20N4O3/c1-11-10-19(7-8-23-11)16(21)15-12(2)20(18-17-15)13-5-4-6-14(9-13)22-3/h4-6,9,11H,7-8,10H2,1-3H3/t11-/m0/s1. The Kier molecular flexibility index (Phi) is 4.29. The molecule has 2 aromatic rings. The summed E-state index contributed by atoms with van der Waals surface area (Å²) in [7, 11) is 1.61. The third kappa shape index (κ3) is 3.05. The van der Waals surface area contributed by atoms with Crippen LogP contribution in [0.25, 0.3) is 5.69 Å². The van der Waals surface area contributed by atoms with E-state index >= 15 is 0 Å². The molecule has 7 nitrogen and oxygen atoms in total. The van der Waals surface area contributed by atoms with Gasteiger partial charge < -0.3 is 14.4 Å². The largest absolute Gasteiger partial charge is 0.497 e. The van der Waals surface area contributed by atoms with Gasteiger partial charge in [-0.1, -0.05) is 11.3 Å². The number of hydrogen-bond acceptors (Lipinski definition) is 5. The summed E-state index contributed by atoms with van der Waals surface area (Å²) >= 11 is 0. The molecule has 2 heterocycles. The molecule has 7 heteroatoms. The summed E-state index contributed by atoms with van der Waals surface area (Å²) in [6.45, 7) is 5.50. The van der Waals surface area contributed by atoms with Crippen LogP contribution in [0.3, 0.4) is 0 Å². The Bertz CT molecular complexity index is 713. The summed E-state index contributed by atoms with van der Waals surface area (Å²) in [5.41, 5.74) is 1.90. The van der Waals surface area contributed by atoms with Gasteiger partial charge in [-0.2, -0.15) is 0 Å². The van der Waals surface area contributed by atoms with Crippen LogP contribution in [0.2, 0.25) is 0 Å². The Morgan fingerprint density at radius 3 is 3.00 bits per heavy atom. The van der Waals surface area contributed by atoms with Gasteiger partial charge in [-0.3, -0.25) is 4.79 Å². The zero-order valence-electron chi connectivity index (χ0n) is 13.5. The van der Waals surface area contributed by atoms with Crippen molar-refractivity contribution in [3.8, 4) is 11.4 Å². The van der Waals surface area contributed by atoms with Gasteiger partial charge in [0.05, 0.1) is 31.2 Å². The predicted octanol–water partition coefficient (Wildman–Crippen LogP) is 1.45. The lowest BCUT2D eigenvalue weighted by Crippen LogP contribution is -2.44. The molecule has 122 valence electrons. The molecular formula is C16H20N4O3. The van der Waals surface area contributed by atoms with Gasteiger partial charge in [-0.25, -0.2) is 4.68 Å². The SMILES string of the molecule is COc1cccc(-n2nnc(C(=O)N3CCO[C@@H](C)C3)c2C)c1. The number of aromatic nitrogens is 3. The van der Waals surface area contributed by atoms with E-state index in [4.69, 9.17) is 9.47 Å². The van der Waals surface area contributed by atoms with E-state index in [-0.39, 0.29) is 12.0 Å². The third-order valence-electron chi connectivity index (χ3n) is 3.92. The molecule has 0 unspecified atom stereocenters. The summed E-state index contributed by atoms with van der Waals surface area (Å²) in [6, 6.07) is 7.49. The molecule has 0 aliphatic carbocycles. The molecule has 0 radical (unpaired) electrons. The molecule has 1 saturated heterocycles. The van der Waals surface area contributed by atoms with Crippen LogP contribution in [0.15, 0.2) is 24.3 Å². The van der Waals surface area contributed by atoms with Crippen LogP contribution in [0.5, 0.6) is 5.75 Å². The Balaban J connectivity index is 1.88. The number of morpholine rings is 1. The number of hydrogen-bond donors (Lipinski definition) is 0. The van der Waals surface area contributed by atoms with E-state index in [1.54, 1.807) is 16.7 Å². The number of carbonyl (C=O) groups excluding carboxylic acids is 1. The van der Waals surface area contributed by atoms with Crippen molar-refractivity contribution in [2.24, 2.45) is 0 Å². The van der Waals surface area contributed by atoms with Crippen molar-refractivity contribution < 1.29 is 14.3 Å². The molecule has 0 bridgehead atoms. The Morgan fingerprint density at radius 2 is 2.26 bits per heavy atom. The Labute approximate surface area is 134 Å². The third-order valence-corrected chi connectivity index (χ3v) is 3.92. The molecule has 1 aromatic heterocycles. The average Bonchev–Trinajstić information content (AvgIpc) is 2.95. The van der Waals surface area contributed by atoms with Gasteiger partial charge in [0.25, 0.3) is 5.91 Å². The first kappa shape index (κ1) is 15.5. The number of nitrogens with zero attached hydrogens (tertiary/aromatic N) is 4. The van der Waals surface area contributed by atoms with Gasteiger partial charge in [-0.05, 0) is 26.0 Å². The van der Waals surface area contributed by atoms with Crippen molar-refractivity contribution >= 4 is 5.91 Å². The molecular weight excluding hydrogens is 296 g/mol. The summed E-state index contributed by atoms with van der Waals surface area (Å²) in [5, 5.41) is 8.22. The minimum absolute atomic E-state index is 0.0430. The molecule has 23 heavy (non-hydrogen) atoms. The molecule has 1 amide bonds. The Hall–Kier alpha value is -2.41. The molecule has 1 atom stereocenters. The molecule has 0 spiro atoms. The first-order valence-corrected chi connectivity index (χ1v) is 7.57.